The van der Waals surface area contributed by atoms with E-state index in [4.69, 9.17) is 4.98 Å². The van der Waals surface area contributed by atoms with Crippen molar-refractivity contribution in [1.82, 2.24) is 4.98 Å². The Morgan fingerprint density at radius 2 is 0.974 bits per heavy atom. The Kier molecular flexibility index (Phi) is 10.0. The van der Waals surface area contributed by atoms with Gasteiger partial charge in [0.1, 0.15) is 0 Å². The Hall–Kier alpha value is -9.15. The second-order valence-electron chi connectivity index (χ2n) is 20.9. The van der Waals surface area contributed by atoms with Crippen molar-refractivity contribution in [2.75, 3.05) is 4.90 Å². The monoisotopic (exact) mass is 986 g/mol. The van der Waals surface area contributed by atoms with Crippen molar-refractivity contribution in [3.05, 3.63) is 300 Å². The Bertz CT molecular complexity index is 4380. The first-order chi connectivity index (χ1) is 37.4. The van der Waals surface area contributed by atoms with E-state index < -0.39 is 5.41 Å². The van der Waals surface area contributed by atoms with Crippen molar-refractivity contribution >= 4 is 59.5 Å². The number of rotatable bonds is 8. The lowest BCUT2D eigenvalue weighted by Crippen LogP contribution is -2.28. The van der Waals surface area contributed by atoms with E-state index in [0.717, 1.165) is 50.3 Å². The van der Waals surface area contributed by atoms with Crippen molar-refractivity contribution in [2.45, 2.75) is 24.7 Å². The van der Waals surface area contributed by atoms with Crippen molar-refractivity contribution < 1.29 is 0 Å². The standard InChI is InChI=1S/C73H50N2S/c1-72(2)62-31-15-13-27-56(62)57-43-41-54(46-64(57)72)75(53-39-36-48(37-40-53)55-29-18-30-59-58-28-14-17-35-68(58)76-71(55)59)67-34-19-32-63-69(67)60-42-38-50(45-65(60)73(63,51-23-8-4-9-24-51)52-25-10-5-11-26-52)70-61(47-20-6-3-7-21-47)44-49-22-12-16-33-66(49)74-70/h3-46H,1-2H3. The molecule has 0 saturated heterocycles. The molecule has 0 spiro atoms. The van der Waals surface area contributed by atoms with Gasteiger partial charge in [0.2, 0.25) is 0 Å². The molecular formula is C73H50N2S. The SMILES string of the molecule is CC1(C)c2ccccc2-c2ccc(N(c3ccc(-c4cccc5c4sc4ccccc45)cc3)c3cccc4c3-c3ccc(-c5nc6ccccc6cc5-c5ccccc5)cc3C4(c3ccccc3)c3ccccc3)cc21. The average molecular weight is 987 g/mol. The van der Waals surface area contributed by atoms with Gasteiger partial charge < -0.3 is 4.90 Å². The highest BCUT2D eigenvalue weighted by Gasteiger charge is 2.48. The summed E-state index contributed by atoms with van der Waals surface area (Å²) in [6.07, 6.45) is 0. The van der Waals surface area contributed by atoms with E-state index in [9.17, 15) is 0 Å². The Balaban J connectivity index is 0.990. The number of nitrogens with zero attached hydrogens (tertiary/aromatic N) is 2. The van der Waals surface area contributed by atoms with Gasteiger partial charge in [-0.15, -0.1) is 11.3 Å². The van der Waals surface area contributed by atoms with Gasteiger partial charge in [-0.25, -0.2) is 4.98 Å². The molecule has 76 heavy (non-hydrogen) atoms. The number of benzene rings is 11. The third-order valence-corrected chi connectivity index (χ3v) is 17.8. The molecule has 15 rings (SSSR count). The second-order valence-corrected chi connectivity index (χ2v) is 22.0. The van der Waals surface area contributed by atoms with E-state index in [1.54, 1.807) is 0 Å². The van der Waals surface area contributed by atoms with Crippen LogP contribution in [0.4, 0.5) is 17.1 Å². The lowest BCUT2D eigenvalue weighted by atomic mass is 9.67. The fourth-order valence-electron chi connectivity index (χ4n) is 13.0. The molecule has 2 aliphatic carbocycles. The third-order valence-electron chi connectivity index (χ3n) is 16.5. The summed E-state index contributed by atoms with van der Waals surface area (Å²) in [7, 11) is 0. The van der Waals surface area contributed by atoms with Crippen LogP contribution in [-0.2, 0) is 10.8 Å². The van der Waals surface area contributed by atoms with E-state index in [2.05, 4.69) is 286 Å². The van der Waals surface area contributed by atoms with Gasteiger partial charge in [-0.05, 0) is 121 Å². The minimum Gasteiger partial charge on any atom is -0.310 e. The fourth-order valence-corrected chi connectivity index (χ4v) is 14.3. The third kappa shape index (κ3) is 6.62. The first-order valence-corrected chi connectivity index (χ1v) is 27.2. The summed E-state index contributed by atoms with van der Waals surface area (Å²) in [5.74, 6) is 0. The van der Waals surface area contributed by atoms with Crippen molar-refractivity contribution in [3.8, 4) is 55.8 Å². The van der Waals surface area contributed by atoms with E-state index >= 15 is 0 Å². The molecule has 358 valence electrons. The molecule has 0 N–H and O–H groups in total. The highest BCUT2D eigenvalue weighted by Crippen LogP contribution is 2.61. The summed E-state index contributed by atoms with van der Waals surface area (Å²) < 4.78 is 2.63. The number of aromatic nitrogens is 1. The molecule has 0 saturated carbocycles. The molecule has 2 aliphatic rings. The Morgan fingerprint density at radius 1 is 0.382 bits per heavy atom. The van der Waals surface area contributed by atoms with Gasteiger partial charge in [0.15, 0.2) is 0 Å². The average Bonchev–Trinajstić information content (AvgIpc) is 4.20. The summed E-state index contributed by atoms with van der Waals surface area (Å²) in [5, 5.41) is 3.74. The van der Waals surface area contributed by atoms with Gasteiger partial charge in [-0.3, -0.25) is 0 Å². The van der Waals surface area contributed by atoms with E-state index in [-0.39, 0.29) is 5.41 Å². The summed E-state index contributed by atoms with van der Waals surface area (Å²) >= 11 is 1.88. The van der Waals surface area contributed by atoms with Crippen LogP contribution in [0.25, 0.3) is 86.8 Å². The molecule has 0 radical (unpaired) electrons. The van der Waals surface area contributed by atoms with Crippen LogP contribution >= 0.6 is 11.3 Å². The van der Waals surface area contributed by atoms with E-state index in [1.807, 2.05) is 11.3 Å². The molecule has 3 heteroatoms. The summed E-state index contributed by atoms with van der Waals surface area (Å²) in [6.45, 7) is 4.76. The van der Waals surface area contributed by atoms with E-state index in [0.29, 0.717) is 0 Å². The maximum atomic E-state index is 5.52. The van der Waals surface area contributed by atoms with Gasteiger partial charge >= 0.3 is 0 Å². The minimum absolute atomic E-state index is 0.187. The quantitative estimate of drug-likeness (QED) is 0.151. The molecule has 0 fully saturated rings. The first-order valence-electron chi connectivity index (χ1n) is 26.4. The molecule has 0 unspecified atom stereocenters. The van der Waals surface area contributed by atoms with Gasteiger partial charge in [-0.1, -0.05) is 226 Å². The van der Waals surface area contributed by atoms with Gasteiger partial charge in [0.25, 0.3) is 0 Å². The van der Waals surface area contributed by atoms with Crippen molar-refractivity contribution in [2.24, 2.45) is 0 Å². The minimum atomic E-state index is -0.678. The zero-order valence-electron chi connectivity index (χ0n) is 42.2. The Labute approximate surface area is 447 Å². The van der Waals surface area contributed by atoms with Crippen LogP contribution in [0.3, 0.4) is 0 Å². The predicted octanol–water partition coefficient (Wildman–Crippen LogP) is 19.7. The van der Waals surface area contributed by atoms with Crippen LogP contribution in [0.2, 0.25) is 0 Å². The van der Waals surface area contributed by atoms with Crippen molar-refractivity contribution in [1.29, 1.82) is 0 Å². The molecule has 0 amide bonds. The molecule has 0 atom stereocenters. The Morgan fingerprint density at radius 3 is 1.78 bits per heavy atom. The summed E-state index contributed by atoms with van der Waals surface area (Å²) in [5.41, 5.74) is 22.9. The topological polar surface area (TPSA) is 16.1 Å². The molecular weight excluding hydrogens is 937 g/mol. The van der Waals surface area contributed by atoms with Crippen LogP contribution in [0, 0.1) is 0 Å². The molecule has 11 aromatic carbocycles. The van der Waals surface area contributed by atoms with Crippen LogP contribution in [0.15, 0.2) is 267 Å². The predicted molar refractivity (Wildman–Crippen MR) is 320 cm³/mol. The number of fused-ring (bicyclic) bond motifs is 10. The molecule has 0 aliphatic heterocycles. The molecule has 13 aromatic rings. The fraction of sp³-hybridized carbons (Fsp3) is 0.0548. The van der Waals surface area contributed by atoms with E-state index in [1.165, 1.54) is 86.9 Å². The lowest BCUT2D eigenvalue weighted by molar-refractivity contribution is 0.660. The van der Waals surface area contributed by atoms with Crippen LogP contribution in [0.5, 0.6) is 0 Å². The number of para-hydroxylation sites is 1. The maximum absolute atomic E-state index is 5.52. The maximum Gasteiger partial charge on any atom is 0.0788 e. The zero-order valence-corrected chi connectivity index (χ0v) is 43.0. The van der Waals surface area contributed by atoms with Gasteiger partial charge in [-0.2, -0.15) is 0 Å². The van der Waals surface area contributed by atoms with Crippen LogP contribution in [0.1, 0.15) is 47.2 Å². The first kappa shape index (κ1) is 44.3. The van der Waals surface area contributed by atoms with Crippen molar-refractivity contribution in [3.63, 3.8) is 0 Å². The summed E-state index contributed by atoms with van der Waals surface area (Å²) in [4.78, 5) is 8.05. The lowest BCUT2D eigenvalue weighted by Gasteiger charge is -2.35. The van der Waals surface area contributed by atoms with Crippen LogP contribution < -0.4 is 4.90 Å². The molecule has 2 heterocycles. The highest BCUT2D eigenvalue weighted by molar-refractivity contribution is 7.26. The number of anilines is 3. The summed E-state index contributed by atoms with van der Waals surface area (Å²) in [6, 6.07) is 99.1. The molecule has 0 bridgehead atoms. The number of pyridine rings is 1. The number of hydrogen-bond acceptors (Lipinski definition) is 3. The van der Waals surface area contributed by atoms with Crippen LogP contribution in [-0.4, -0.2) is 4.98 Å². The largest absolute Gasteiger partial charge is 0.310 e. The molecule has 2 nitrogen and oxygen atoms in total. The van der Waals surface area contributed by atoms with Gasteiger partial charge in [0, 0.05) is 59.0 Å². The zero-order chi connectivity index (χ0) is 50.5. The smallest absolute Gasteiger partial charge is 0.0788 e. The van der Waals surface area contributed by atoms with Gasteiger partial charge in [0.05, 0.1) is 22.3 Å². The molecule has 2 aromatic heterocycles. The number of hydrogen-bond donors (Lipinski definition) is 0. The second kappa shape index (κ2) is 17.2. The normalized spacial score (nSPS) is 13.6. The highest BCUT2D eigenvalue weighted by atomic mass is 32.1. The number of thiophene rings is 1.